The maximum absolute atomic E-state index is 12.3. The summed E-state index contributed by atoms with van der Waals surface area (Å²) in [6, 6.07) is 16.0. The molecule has 3 aromatic carbocycles. The molecule has 6 nitrogen and oxygen atoms in total. The average Bonchev–Trinajstić information content (AvgIpc) is 2.75. The zero-order valence-corrected chi connectivity index (χ0v) is 19.9. The van der Waals surface area contributed by atoms with Crippen LogP contribution in [0.15, 0.2) is 59.7 Å². The molecule has 0 aliphatic carbocycles. The van der Waals surface area contributed by atoms with Gasteiger partial charge in [-0.3, -0.25) is 9.59 Å². The molecule has 3 rings (SSSR count). The monoisotopic (exact) mass is 483 g/mol. The van der Waals surface area contributed by atoms with Crippen molar-refractivity contribution in [1.82, 2.24) is 5.43 Å². The quantitative estimate of drug-likeness (QED) is 0.334. The van der Waals surface area contributed by atoms with Crippen LogP contribution in [-0.2, 0) is 4.79 Å². The highest BCUT2D eigenvalue weighted by Crippen LogP contribution is 2.34. The van der Waals surface area contributed by atoms with E-state index in [0.29, 0.717) is 16.8 Å². The van der Waals surface area contributed by atoms with E-state index in [2.05, 4.69) is 15.8 Å². The predicted molar refractivity (Wildman–Crippen MR) is 133 cm³/mol. The van der Waals surface area contributed by atoms with E-state index in [1.54, 1.807) is 24.3 Å². The summed E-state index contributed by atoms with van der Waals surface area (Å²) in [4.78, 5) is 24.4. The van der Waals surface area contributed by atoms with Crippen LogP contribution in [0.1, 0.15) is 32.6 Å². The Hall–Kier alpha value is -3.35. The summed E-state index contributed by atoms with van der Waals surface area (Å²) < 4.78 is 5.54. The maximum Gasteiger partial charge on any atom is 0.271 e. The highest BCUT2D eigenvalue weighted by molar-refractivity contribution is 6.37. The van der Waals surface area contributed by atoms with Crippen molar-refractivity contribution < 1.29 is 14.3 Å². The molecular weight excluding hydrogens is 461 g/mol. The summed E-state index contributed by atoms with van der Waals surface area (Å²) in [5, 5.41) is 7.17. The lowest BCUT2D eigenvalue weighted by atomic mass is 10.1. The van der Waals surface area contributed by atoms with Gasteiger partial charge in [-0.05, 0) is 62.2 Å². The molecule has 0 aliphatic rings. The smallest absolute Gasteiger partial charge is 0.271 e. The van der Waals surface area contributed by atoms with E-state index in [1.807, 2.05) is 51.1 Å². The number of amides is 2. The second-order valence-electron chi connectivity index (χ2n) is 7.53. The van der Waals surface area contributed by atoms with Crippen LogP contribution in [0.3, 0.4) is 0 Å². The molecule has 0 aromatic heterocycles. The van der Waals surface area contributed by atoms with E-state index in [1.165, 1.54) is 6.21 Å². The number of hydrogen-bond acceptors (Lipinski definition) is 4. The van der Waals surface area contributed by atoms with Crippen LogP contribution in [0, 0.1) is 20.8 Å². The first kappa shape index (κ1) is 24.3. The number of halogens is 2. The van der Waals surface area contributed by atoms with Crippen LogP contribution >= 0.6 is 23.2 Å². The van der Waals surface area contributed by atoms with Gasteiger partial charge in [-0.25, -0.2) is 5.43 Å². The fourth-order valence-electron chi connectivity index (χ4n) is 3.00. The second-order valence-corrected chi connectivity index (χ2v) is 8.35. The minimum atomic E-state index is -0.335. The molecule has 2 N–H and O–H groups in total. The van der Waals surface area contributed by atoms with Gasteiger partial charge in [0.05, 0.1) is 16.3 Å². The van der Waals surface area contributed by atoms with Crippen LogP contribution in [-0.4, -0.2) is 24.6 Å². The van der Waals surface area contributed by atoms with Gasteiger partial charge in [-0.15, -0.1) is 0 Å². The van der Waals surface area contributed by atoms with E-state index in [0.717, 1.165) is 16.7 Å². The molecule has 170 valence electrons. The summed E-state index contributed by atoms with van der Waals surface area (Å²) in [6.45, 7) is 5.59. The molecule has 8 heteroatoms. The van der Waals surface area contributed by atoms with Gasteiger partial charge in [0.2, 0.25) is 0 Å². The van der Waals surface area contributed by atoms with Crippen LogP contribution in [0.25, 0.3) is 0 Å². The molecule has 0 unspecified atom stereocenters. The van der Waals surface area contributed by atoms with Gasteiger partial charge in [0.25, 0.3) is 11.8 Å². The van der Waals surface area contributed by atoms with E-state index in [4.69, 9.17) is 27.9 Å². The molecular formula is C25H23Cl2N3O3. The summed E-state index contributed by atoms with van der Waals surface area (Å²) in [5.74, 6) is -0.480. The Morgan fingerprint density at radius 2 is 1.58 bits per heavy atom. The SMILES string of the molecule is Cc1ccc(C(=O)N/N=C/c2cc(Cl)c(OCC(=O)Nc3ccc(C)cc3C)c(Cl)c2)cc1. The minimum absolute atomic E-state index is 0.190. The molecule has 33 heavy (non-hydrogen) atoms. The number of hydrazone groups is 1. The first-order valence-corrected chi connectivity index (χ1v) is 10.9. The molecule has 0 saturated heterocycles. The normalized spacial score (nSPS) is 10.8. The largest absolute Gasteiger partial charge is 0.481 e. The standard InChI is InChI=1S/C25H23Cl2N3O3/c1-15-4-7-19(8-5-15)25(32)30-28-13-18-11-20(26)24(21(27)12-18)33-14-23(31)29-22-9-6-16(2)10-17(22)3/h4-13H,14H2,1-3H3,(H,29,31)(H,30,32)/b28-13+. The molecule has 0 atom stereocenters. The van der Waals surface area contributed by atoms with Crippen LogP contribution < -0.4 is 15.5 Å². The lowest BCUT2D eigenvalue weighted by Crippen LogP contribution is -2.21. The molecule has 3 aromatic rings. The number of rotatable bonds is 7. The van der Waals surface area contributed by atoms with Gasteiger partial charge in [-0.2, -0.15) is 5.10 Å². The van der Waals surface area contributed by atoms with Crippen LogP contribution in [0.4, 0.5) is 5.69 Å². The summed E-state index contributed by atoms with van der Waals surface area (Å²) in [6.07, 6.45) is 1.42. The number of hydrogen-bond donors (Lipinski definition) is 2. The summed E-state index contributed by atoms with van der Waals surface area (Å²) >= 11 is 12.6. The average molecular weight is 484 g/mol. The van der Waals surface area contributed by atoms with Crippen molar-refractivity contribution in [3.8, 4) is 5.75 Å². The minimum Gasteiger partial charge on any atom is -0.481 e. The lowest BCUT2D eigenvalue weighted by Gasteiger charge is -2.12. The number of carbonyl (C=O) groups excluding carboxylic acids is 2. The summed E-state index contributed by atoms with van der Waals surface area (Å²) in [7, 11) is 0. The Balaban J connectivity index is 1.58. The Morgan fingerprint density at radius 1 is 0.939 bits per heavy atom. The number of nitrogens with one attached hydrogen (secondary N) is 2. The van der Waals surface area contributed by atoms with Crippen molar-refractivity contribution in [2.45, 2.75) is 20.8 Å². The van der Waals surface area contributed by atoms with Gasteiger partial charge in [0, 0.05) is 11.3 Å². The van der Waals surface area contributed by atoms with Crippen LogP contribution in [0.5, 0.6) is 5.75 Å². The number of anilines is 1. The Kier molecular flexibility index (Phi) is 8.09. The summed E-state index contributed by atoms with van der Waals surface area (Å²) in [5.41, 5.74) is 7.34. The molecule has 0 fully saturated rings. The predicted octanol–water partition coefficient (Wildman–Crippen LogP) is 5.70. The zero-order valence-electron chi connectivity index (χ0n) is 18.4. The molecule has 2 amide bonds. The van der Waals surface area contributed by atoms with Crippen molar-refractivity contribution in [1.29, 1.82) is 0 Å². The van der Waals surface area contributed by atoms with E-state index < -0.39 is 0 Å². The van der Waals surface area contributed by atoms with Crippen molar-refractivity contribution in [3.05, 3.63) is 92.5 Å². The third-order valence-electron chi connectivity index (χ3n) is 4.72. The number of aryl methyl sites for hydroxylation is 3. The molecule has 0 aliphatic heterocycles. The Morgan fingerprint density at radius 3 is 2.21 bits per heavy atom. The molecule has 0 saturated carbocycles. The number of ether oxygens (including phenoxy) is 1. The van der Waals surface area contributed by atoms with Crippen molar-refractivity contribution in [2.24, 2.45) is 5.10 Å². The van der Waals surface area contributed by atoms with Crippen molar-refractivity contribution in [2.75, 3.05) is 11.9 Å². The third kappa shape index (κ3) is 6.81. The van der Waals surface area contributed by atoms with E-state index in [9.17, 15) is 9.59 Å². The maximum atomic E-state index is 12.3. The molecule has 0 bridgehead atoms. The first-order valence-electron chi connectivity index (χ1n) is 10.1. The van der Waals surface area contributed by atoms with Gasteiger partial charge in [-0.1, -0.05) is 58.6 Å². The third-order valence-corrected chi connectivity index (χ3v) is 5.28. The Bertz CT molecular complexity index is 1190. The van der Waals surface area contributed by atoms with E-state index in [-0.39, 0.29) is 34.2 Å². The second kappa shape index (κ2) is 11.0. The number of benzene rings is 3. The molecule has 0 spiro atoms. The van der Waals surface area contributed by atoms with Gasteiger partial charge >= 0.3 is 0 Å². The fraction of sp³-hybridized carbons (Fsp3) is 0.160. The molecule has 0 heterocycles. The lowest BCUT2D eigenvalue weighted by molar-refractivity contribution is -0.118. The fourth-order valence-corrected chi connectivity index (χ4v) is 3.62. The van der Waals surface area contributed by atoms with E-state index >= 15 is 0 Å². The number of carbonyl (C=O) groups is 2. The molecule has 0 radical (unpaired) electrons. The van der Waals surface area contributed by atoms with Crippen molar-refractivity contribution in [3.63, 3.8) is 0 Å². The topological polar surface area (TPSA) is 79.8 Å². The van der Waals surface area contributed by atoms with Crippen molar-refractivity contribution >= 4 is 46.9 Å². The van der Waals surface area contributed by atoms with Gasteiger partial charge < -0.3 is 10.1 Å². The highest BCUT2D eigenvalue weighted by atomic mass is 35.5. The highest BCUT2D eigenvalue weighted by Gasteiger charge is 2.13. The number of nitrogens with zero attached hydrogens (tertiary/aromatic N) is 1. The Labute approximate surface area is 202 Å². The van der Waals surface area contributed by atoms with Gasteiger partial charge in [0.1, 0.15) is 0 Å². The van der Waals surface area contributed by atoms with Crippen LogP contribution in [0.2, 0.25) is 10.0 Å². The van der Waals surface area contributed by atoms with Gasteiger partial charge in [0.15, 0.2) is 12.4 Å². The first-order chi connectivity index (χ1) is 15.7. The zero-order chi connectivity index (χ0) is 24.0.